The van der Waals surface area contributed by atoms with E-state index in [-0.39, 0.29) is 11.9 Å². The van der Waals surface area contributed by atoms with E-state index in [9.17, 15) is 4.79 Å². The lowest BCUT2D eigenvalue weighted by Crippen LogP contribution is -2.26. The number of furan rings is 1. The number of amides is 1. The van der Waals surface area contributed by atoms with Gasteiger partial charge < -0.3 is 19.0 Å². The van der Waals surface area contributed by atoms with Crippen LogP contribution < -0.4 is 10.1 Å². The molecule has 0 saturated carbocycles. The molecule has 0 aliphatic rings. The second-order valence-corrected chi connectivity index (χ2v) is 7.85. The molecular formula is C24H24ClN3O4. The van der Waals surface area contributed by atoms with Crippen molar-refractivity contribution in [2.75, 3.05) is 6.61 Å². The van der Waals surface area contributed by atoms with Gasteiger partial charge in [0.05, 0.1) is 12.6 Å². The third-order valence-corrected chi connectivity index (χ3v) is 5.25. The van der Waals surface area contributed by atoms with E-state index < -0.39 is 0 Å². The summed E-state index contributed by atoms with van der Waals surface area (Å²) in [5.74, 6) is 2.32. The average Bonchev–Trinajstić information content (AvgIpc) is 3.42. The number of hydrogen-bond acceptors (Lipinski definition) is 6. The first-order chi connectivity index (χ1) is 15.5. The minimum Gasteiger partial charge on any atom is -0.490 e. The number of carbonyl (C=O) groups excluding carboxylic acids is 1. The number of carbonyl (C=O) groups is 1. The van der Waals surface area contributed by atoms with Gasteiger partial charge in [0.1, 0.15) is 5.76 Å². The van der Waals surface area contributed by atoms with Crippen molar-refractivity contribution in [2.45, 2.75) is 39.2 Å². The maximum atomic E-state index is 12.4. The van der Waals surface area contributed by atoms with Gasteiger partial charge in [-0.1, -0.05) is 28.9 Å². The fraction of sp³-hybridized carbons (Fsp3) is 0.292. The molecule has 32 heavy (non-hydrogen) atoms. The van der Waals surface area contributed by atoms with E-state index in [2.05, 4.69) is 15.5 Å². The molecule has 4 aromatic rings. The average molecular weight is 454 g/mol. The first-order valence-electron chi connectivity index (χ1n) is 10.6. The van der Waals surface area contributed by atoms with E-state index in [1.807, 2.05) is 50.2 Å². The largest absolute Gasteiger partial charge is 0.490 e. The summed E-state index contributed by atoms with van der Waals surface area (Å²) < 4.78 is 16.9. The number of rotatable bonds is 9. The molecule has 0 aliphatic heterocycles. The van der Waals surface area contributed by atoms with Crippen LogP contribution in [0.5, 0.6) is 5.75 Å². The van der Waals surface area contributed by atoms with E-state index >= 15 is 0 Å². The molecule has 1 amide bonds. The Morgan fingerprint density at radius 2 is 2.03 bits per heavy atom. The molecule has 0 fully saturated rings. The number of nitrogens with one attached hydrogen (secondary N) is 1. The van der Waals surface area contributed by atoms with Gasteiger partial charge in [-0.05, 0) is 56.7 Å². The van der Waals surface area contributed by atoms with Crippen molar-refractivity contribution in [2.24, 2.45) is 0 Å². The zero-order valence-electron chi connectivity index (χ0n) is 17.9. The summed E-state index contributed by atoms with van der Waals surface area (Å²) in [5, 5.41) is 8.56. The highest BCUT2D eigenvalue weighted by Gasteiger charge is 2.17. The van der Waals surface area contributed by atoms with Crippen LogP contribution in [0.3, 0.4) is 0 Å². The minimum absolute atomic E-state index is 0.0690. The fourth-order valence-electron chi connectivity index (χ4n) is 3.40. The number of aromatic nitrogens is 2. The number of nitrogens with zero attached hydrogens (tertiary/aromatic N) is 2. The van der Waals surface area contributed by atoms with Crippen molar-refractivity contribution in [3.05, 3.63) is 65.2 Å². The Bertz CT molecular complexity index is 1200. The van der Waals surface area contributed by atoms with Crippen LogP contribution in [0.2, 0.25) is 5.02 Å². The molecule has 0 saturated heterocycles. The maximum Gasteiger partial charge on any atom is 0.226 e. The monoisotopic (exact) mass is 453 g/mol. The number of halogens is 1. The zero-order chi connectivity index (χ0) is 22.5. The van der Waals surface area contributed by atoms with Crippen LogP contribution >= 0.6 is 11.6 Å². The Morgan fingerprint density at radius 3 is 2.81 bits per heavy atom. The third-order valence-electron chi connectivity index (χ3n) is 5.00. The van der Waals surface area contributed by atoms with Gasteiger partial charge in [-0.25, -0.2) is 0 Å². The molecule has 8 heteroatoms. The predicted molar refractivity (Wildman–Crippen MR) is 122 cm³/mol. The van der Waals surface area contributed by atoms with Gasteiger partial charge >= 0.3 is 0 Å². The summed E-state index contributed by atoms with van der Waals surface area (Å²) in [6.07, 6.45) is 1.45. The van der Waals surface area contributed by atoms with Gasteiger partial charge in [0.2, 0.25) is 17.6 Å². The molecule has 0 radical (unpaired) electrons. The molecule has 1 N–H and O–H groups in total. The summed E-state index contributed by atoms with van der Waals surface area (Å²) >= 11 is 5.90. The standard InChI is InChI=1S/C24H24ClN3O4/c1-3-30-19-7-4-6-17-14-20(31-23(17)19)15(2)26-21(29)8-5-9-22-27-24(28-32-22)16-10-12-18(25)13-11-16/h4,6-7,10-15H,3,5,8-9H2,1-2H3,(H,26,29). The van der Waals surface area contributed by atoms with Gasteiger partial charge in [0, 0.05) is 28.8 Å². The number of ether oxygens (including phenoxy) is 1. The zero-order valence-corrected chi connectivity index (χ0v) is 18.7. The summed E-state index contributed by atoms with van der Waals surface area (Å²) in [7, 11) is 0. The van der Waals surface area contributed by atoms with Crippen molar-refractivity contribution >= 4 is 28.5 Å². The first-order valence-corrected chi connectivity index (χ1v) is 10.9. The molecular weight excluding hydrogens is 430 g/mol. The SMILES string of the molecule is CCOc1cccc2cc(C(C)NC(=O)CCCc3nc(-c4ccc(Cl)cc4)no3)oc12. The number of benzene rings is 2. The van der Waals surface area contributed by atoms with Crippen LogP contribution in [0.15, 0.2) is 57.5 Å². The molecule has 7 nitrogen and oxygen atoms in total. The van der Waals surface area contributed by atoms with E-state index in [1.165, 1.54) is 0 Å². The second-order valence-electron chi connectivity index (χ2n) is 7.42. The maximum absolute atomic E-state index is 12.4. The number of aryl methyl sites for hydroxylation is 1. The van der Waals surface area contributed by atoms with Crippen LogP contribution in [-0.4, -0.2) is 22.7 Å². The van der Waals surface area contributed by atoms with Crippen molar-refractivity contribution in [1.29, 1.82) is 0 Å². The lowest BCUT2D eigenvalue weighted by atomic mass is 10.2. The predicted octanol–water partition coefficient (Wildman–Crippen LogP) is 5.74. The number of fused-ring (bicyclic) bond motifs is 1. The van der Waals surface area contributed by atoms with E-state index in [1.54, 1.807) is 12.1 Å². The van der Waals surface area contributed by atoms with Gasteiger partial charge in [0.15, 0.2) is 11.3 Å². The summed E-state index contributed by atoms with van der Waals surface area (Å²) in [6, 6.07) is 14.6. The minimum atomic E-state index is -0.260. The Hall–Kier alpha value is -3.32. The summed E-state index contributed by atoms with van der Waals surface area (Å²) in [4.78, 5) is 16.8. The van der Waals surface area contributed by atoms with Gasteiger partial charge in [-0.2, -0.15) is 4.98 Å². The van der Waals surface area contributed by atoms with Crippen LogP contribution in [0, 0.1) is 0 Å². The number of para-hydroxylation sites is 1. The molecule has 1 unspecified atom stereocenters. The normalized spacial score (nSPS) is 12.1. The van der Waals surface area contributed by atoms with E-state index in [4.69, 9.17) is 25.3 Å². The molecule has 2 aromatic heterocycles. The van der Waals surface area contributed by atoms with Gasteiger partial charge in [0.25, 0.3) is 0 Å². The van der Waals surface area contributed by atoms with Crippen LogP contribution in [-0.2, 0) is 11.2 Å². The Kier molecular flexibility index (Phi) is 6.75. The second kappa shape index (κ2) is 9.87. The molecule has 2 heterocycles. The topological polar surface area (TPSA) is 90.4 Å². The molecule has 0 spiro atoms. The third kappa shape index (κ3) is 5.11. The molecule has 1 atom stereocenters. The first kappa shape index (κ1) is 21.9. The Labute approximate surface area is 190 Å². The molecule has 2 aromatic carbocycles. The molecule has 4 rings (SSSR count). The summed E-state index contributed by atoms with van der Waals surface area (Å²) in [6.45, 7) is 4.38. The molecule has 0 bridgehead atoms. The van der Waals surface area contributed by atoms with Gasteiger partial charge in [-0.15, -0.1) is 0 Å². The Morgan fingerprint density at radius 1 is 1.22 bits per heavy atom. The molecule has 166 valence electrons. The fourth-order valence-corrected chi connectivity index (χ4v) is 3.52. The molecule has 0 aliphatic carbocycles. The van der Waals surface area contributed by atoms with Crippen molar-refractivity contribution in [3.8, 4) is 17.1 Å². The van der Waals surface area contributed by atoms with Crippen molar-refractivity contribution < 1.29 is 18.5 Å². The highest BCUT2D eigenvalue weighted by atomic mass is 35.5. The highest BCUT2D eigenvalue weighted by molar-refractivity contribution is 6.30. The lowest BCUT2D eigenvalue weighted by molar-refractivity contribution is -0.121. The quantitative estimate of drug-likeness (QED) is 0.347. The van der Waals surface area contributed by atoms with Crippen molar-refractivity contribution in [3.63, 3.8) is 0 Å². The van der Waals surface area contributed by atoms with Crippen molar-refractivity contribution in [1.82, 2.24) is 15.5 Å². The van der Waals surface area contributed by atoms with E-state index in [0.29, 0.717) is 59.7 Å². The summed E-state index contributed by atoms with van der Waals surface area (Å²) in [5.41, 5.74) is 1.52. The van der Waals surface area contributed by atoms with Crippen LogP contribution in [0.25, 0.3) is 22.4 Å². The van der Waals surface area contributed by atoms with Gasteiger partial charge in [-0.3, -0.25) is 4.79 Å². The number of hydrogen-bond donors (Lipinski definition) is 1. The van der Waals surface area contributed by atoms with E-state index in [0.717, 1.165) is 10.9 Å². The lowest BCUT2D eigenvalue weighted by Gasteiger charge is -2.11. The highest BCUT2D eigenvalue weighted by Crippen LogP contribution is 2.31. The van der Waals surface area contributed by atoms with Crippen LogP contribution in [0.4, 0.5) is 0 Å². The van der Waals surface area contributed by atoms with Crippen LogP contribution in [0.1, 0.15) is 44.4 Å². The Balaban J connectivity index is 1.29. The smallest absolute Gasteiger partial charge is 0.226 e.